The Morgan fingerprint density at radius 3 is 2.90 bits per heavy atom. The van der Waals surface area contributed by atoms with Gasteiger partial charge in [0.15, 0.2) is 0 Å². The van der Waals surface area contributed by atoms with E-state index in [1.165, 1.54) is 16.7 Å². The van der Waals surface area contributed by atoms with Crippen LogP contribution in [0, 0.1) is 0 Å². The monoisotopic (exact) mass is 265 g/mol. The van der Waals surface area contributed by atoms with Crippen molar-refractivity contribution in [3.05, 3.63) is 53.7 Å². The molecule has 102 valence electrons. The third kappa shape index (κ3) is 1.73. The lowest BCUT2D eigenvalue weighted by Crippen LogP contribution is -2.35. The zero-order valence-electron chi connectivity index (χ0n) is 12.2. The van der Waals surface area contributed by atoms with Gasteiger partial charge < -0.3 is 4.90 Å². The lowest BCUT2D eigenvalue weighted by Gasteiger charge is -2.35. The van der Waals surface area contributed by atoms with Crippen LogP contribution in [-0.4, -0.2) is 37.1 Å². The summed E-state index contributed by atoms with van der Waals surface area (Å²) in [5, 5.41) is 0. The predicted molar refractivity (Wildman–Crippen MR) is 85.5 cm³/mol. The van der Waals surface area contributed by atoms with Crippen molar-refractivity contribution >= 4 is 17.6 Å². The average Bonchev–Trinajstić information content (AvgIpc) is 2.46. The minimum Gasteiger partial charge on any atom is -0.335 e. The van der Waals surface area contributed by atoms with E-state index < -0.39 is 0 Å². The van der Waals surface area contributed by atoms with E-state index in [0.29, 0.717) is 5.92 Å². The summed E-state index contributed by atoms with van der Waals surface area (Å²) < 4.78 is 0. The van der Waals surface area contributed by atoms with Crippen LogP contribution in [0.4, 0.5) is 0 Å². The summed E-state index contributed by atoms with van der Waals surface area (Å²) in [5.41, 5.74) is 4.95. The first-order valence-electron chi connectivity index (χ1n) is 6.88. The van der Waals surface area contributed by atoms with Crippen LogP contribution in [0.3, 0.4) is 0 Å². The highest BCUT2D eigenvalue weighted by Crippen LogP contribution is 2.37. The quantitative estimate of drug-likeness (QED) is 0.596. The van der Waals surface area contributed by atoms with Crippen LogP contribution in [-0.2, 0) is 0 Å². The van der Waals surface area contributed by atoms with Crippen molar-refractivity contribution in [2.45, 2.75) is 18.9 Å². The fourth-order valence-electron chi connectivity index (χ4n) is 3.05. The molecule has 1 aromatic carbocycles. The molecule has 0 amide bonds. The van der Waals surface area contributed by atoms with E-state index >= 15 is 0 Å². The summed E-state index contributed by atoms with van der Waals surface area (Å²) in [6.07, 6.45) is 5.94. The summed E-state index contributed by atoms with van der Waals surface area (Å²) >= 11 is 0. The van der Waals surface area contributed by atoms with E-state index in [0.717, 1.165) is 11.4 Å². The summed E-state index contributed by atoms with van der Waals surface area (Å²) in [7, 11) is 3.84. The number of allylic oxidation sites excluding steroid dienone is 1. The Hall–Kier alpha value is -2.16. The number of rotatable bonds is 2. The number of benzene rings is 1. The van der Waals surface area contributed by atoms with E-state index in [-0.39, 0.29) is 6.04 Å². The van der Waals surface area contributed by atoms with Crippen molar-refractivity contribution in [1.29, 1.82) is 0 Å². The van der Waals surface area contributed by atoms with Gasteiger partial charge in [0.05, 0.1) is 6.04 Å². The minimum absolute atomic E-state index is 0.144. The van der Waals surface area contributed by atoms with Crippen molar-refractivity contribution in [1.82, 2.24) is 4.90 Å². The molecule has 2 unspecified atom stereocenters. The normalized spacial score (nSPS) is 24.2. The zero-order valence-corrected chi connectivity index (χ0v) is 12.2. The van der Waals surface area contributed by atoms with Gasteiger partial charge >= 0.3 is 0 Å². The maximum atomic E-state index is 4.86. The number of nitrogens with zero attached hydrogens (tertiary/aromatic N) is 3. The molecule has 0 N–H and O–H groups in total. The van der Waals surface area contributed by atoms with Crippen molar-refractivity contribution in [2.75, 3.05) is 14.1 Å². The van der Waals surface area contributed by atoms with Gasteiger partial charge in [-0.2, -0.15) is 0 Å². The van der Waals surface area contributed by atoms with Crippen LogP contribution in [0.15, 0.2) is 47.0 Å². The van der Waals surface area contributed by atoms with Crippen LogP contribution in [0.1, 0.15) is 29.5 Å². The number of hydrogen-bond donors (Lipinski definition) is 0. The molecular formula is C17H19N3. The van der Waals surface area contributed by atoms with Crippen molar-refractivity contribution in [3.8, 4) is 0 Å². The van der Waals surface area contributed by atoms with Crippen LogP contribution >= 0.6 is 0 Å². The Morgan fingerprint density at radius 2 is 2.20 bits per heavy atom. The molecule has 3 heteroatoms. The summed E-state index contributed by atoms with van der Waals surface area (Å²) in [5.74, 6) is 1.39. The van der Waals surface area contributed by atoms with Gasteiger partial charge in [-0.25, -0.2) is 0 Å². The Morgan fingerprint density at radius 1 is 1.40 bits per heavy atom. The maximum absolute atomic E-state index is 4.86. The fourth-order valence-corrected chi connectivity index (χ4v) is 3.05. The molecule has 2 heterocycles. The molecule has 3 rings (SSSR count). The van der Waals surface area contributed by atoms with Crippen molar-refractivity contribution < 1.29 is 0 Å². The second kappa shape index (κ2) is 4.75. The second-order valence-corrected chi connectivity index (χ2v) is 5.32. The number of aliphatic imine (C=N–C) groups is 2. The molecule has 0 aromatic heterocycles. The molecule has 2 aliphatic rings. The van der Waals surface area contributed by atoms with Gasteiger partial charge in [-0.05, 0) is 11.1 Å². The Balaban J connectivity index is 2.28. The van der Waals surface area contributed by atoms with E-state index in [9.17, 15) is 0 Å². The number of amidine groups is 1. The summed E-state index contributed by atoms with van der Waals surface area (Å²) in [6, 6.07) is 6.62. The Labute approximate surface area is 120 Å². The van der Waals surface area contributed by atoms with Gasteiger partial charge in [0.1, 0.15) is 5.84 Å². The second-order valence-electron chi connectivity index (χ2n) is 5.32. The van der Waals surface area contributed by atoms with E-state index in [4.69, 9.17) is 4.99 Å². The molecule has 0 spiro atoms. The van der Waals surface area contributed by atoms with Gasteiger partial charge in [0, 0.05) is 43.6 Å². The highest BCUT2D eigenvalue weighted by atomic mass is 15.2. The van der Waals surface area contributed by atoms with Crippen LogP contribution in [0.25, 0.3) is 5.57 Å². The average molecular weight is 265 g/mol. The van der Waals surface area contributed by atoms with Gasteiger partial charge in [0.25, 0.3) is 0 Å². The van der Waals surface area contributed by atoms with Gasteiger partial charge in [-0.15, -0.1) is 6.58 Å². The molecule has 0 saturated carbocycles. The highest BCUT2D eigenvalue weighted by molar-refractivity contribution is 6.19. The standard InChI is InChI=1S/C17H19N3/c1-5-15-11(2)13-7-6-8-14-12(9-18-3)10-20(4)17(19-15)16(13)14/h5-11,15H,1H2,2-4H3/b18-9-. The van der Waals surface area contributed by atoms with Crippen molar-refractivity contribution in [2.24, 2.45) is 9.98 Å². The molecule has 0 aliphatic carbocycles. The van der Waals surface area contributed by atoms with E-state index in [1.807, 2.05) is 19.3 Å². The first-order valence-corrected chi connectivity index (χ1v) is 6.88. The van der Waals surface area contributed by atoms with Gasteiger partial charge in [-0.3, -0.25) is 9.98 Å². The zero-order chi connectivity index (χ0) is 14.3. The third-order valence-electron chi connectivity index (χ3n) is 4.08. The largest absolute Gasteiger partial charge is 0.335 e. The molecule has 0 bridgehead atoms. The summed E-state index contributed by atoms with van der Waals surface area (Å²) in [6.45, 7) is 6.14. The third-order valence-corrected chi connectivity index (χ3v) is 4.08. The molecule has 2 aliphatic heterocycles. The van der Waals surface area contributed by atoms with Crippen LogP contribution in [0.5, 0.6) is 0 Å². The molecule has 0 fully saturated rings. The van der Waals surface area contributed by atoms with E-state index in [2.05, 4.69) is 47.8 Å². The van der Waals surface area contributed by atoms with Crippen molar-refractivity contribution in [3.63, 3.8) is 0 Å². The number of hydrogen-bond acceptors (Lipinski definition) is 3. The fraction of sp³-hybridized carbons (Fsp3) is 0.294. The topological polar surface area (TPSA) is 28.0 Å². The molecule has 1 aromatic rings. The molecule has 20 heavy (non-hydrogen) atoms. The minimum atomic E-state index is 0.144. The predicted octanol–water partition coefficient (Wildman–Crippen LogP) is 3.09. The van der Waals surface area contributed by atoms with Gasteiger partial charge in [0.2, 0.25) is 0 Å². The first kappa shape index (κ1) is 12.9. The molecule has 0 radical (unpaired) electrons. The SMILES string of the molecule is C=CC1N=C2c3c(cccc3C1C)C(/C=N\C)=CN2C. The lowest BCUT2D eigenvalue weighted by molar-refractivity contribution is 0.606. The van der Waals surface area contributed by atoms with Crippen LogP contribution < -0.4 is 0 Å². The first-order chi connectivity index (χ1) is 9.67. The lowest BCUT2D eigenvalue weighted by atomic mass is 9.82. The van der Waals surface area contributed by atoms with Crippen LogP contribution in [0.2, 0.25) is 0 Å². The molecule has 0 saturated heterocycles. The molecular weight excluding hydrogens is 246 g/mol. The van der Waals surface area contributed by atoms with Gasteiger partial charge in [-0.1, -0.05) is 31.2 Å². The Kier molecular flexibility index (Phi) is 3.05. The maximum Gasteiger partial charge on any atom is 0.136 e. The summed E-state index contributed by atoms with van der Waals surface area (Å²) in [4.78, 5) is 11.1. The molecule has 3 nitrogen and oxygen atoms in total. The molecule has 2 atom stereocenters. The van der Waals surface area contributed by atoms with E-state index in [1.54, 1.807) is 7.05 Å². The smallest absolute Gasteiger partial charge is 0.136 e. The highest BCUT2D eigenvalue weighted by Gasteiger charge is 2.32. The Bertz CT molecular complexity index is 652.